The summed E-state index contributed by atoms with van der Waals surface area (Å²) in [6.07, 6.45) is 0.0800. The molecule has 0 bridgehead atoms. The average Bonchev–Trinajstić information content (AvgIpc) is 2.38. The van der Waals surface area contributed by atoms with Crippen LogP contribution in [0.2, 0.25) is 0 Å². The summed E-state index contributed by atoms with van der Waals surface area (Å²) in [5.41, 5.74) is 0.494. The zero-order valence-electron chi connectivity index (χ0n) is 11.8. The largest absolute Gasteiger partial charge is 0.491 e. The van der Waals surface area contributed by atoms with Crippen molar-refractivity contribution in [2.75, 3.05) is 5.32 Å². The van der Waals surface area contributed by atoms with Gasteiger partial charge in [-0.15, -0.1) is 0 Å². The van der Waals surface area contributed by atoms with Crippen LogP contribution in [0.4, 0.5) is 18.9 Å². The van der Waals surface area contributed by atoms with E-state index in [4.69, 9.17) is 4.74 Å². The number of halogens is 3. The summed E-state index contributed by atoms with van der Waals surface area (Å²) in [5.74, 6) is -2.11. The van der Waals surface area contributed by atoms with E-state index in [1.54, 1.807) is 24.3 Å². The van der Waals surface area contributed by atoms with Crippen molar-refractivity contribution >= 4 is 5.69 Å². The lowest BCUT2D eigenvalue weighted by Gasteiger charge is -2.11. The van der Waals surface area contributed by atoms with Gasteiger partial charge in [0.25, 0.3) is 0 Å². The predicted molar refractivity (Wildman–Crippen MR) is 75.8 cm³/mol. The van der Waals surface area contributed by atoms with Gasteiger partial charge in [-0.25, -0.2) is 13.2 Å². The smallest absolute Gasteiger partial charge is 0.152 e. The second-order valence-electron chi connectivity index (χ2n) is 4.91. The van der Waals surface area contributed by atoms with Crippen molar-refractivity contribution in [3.8, 4) is 5.75 Å². The highest BCUT2D eigenvalue weighted by Gasteiger charge is 2.11. The minimum atomic E-state index is -0.952. The van der Waals surface area contributed by atoms with E-state index in [1.165, 1.54) is 0 Å². The number of rotatable bonds is 5. The summed E-state index contributed by atoms with van der Waals surface area (Å²) in [6.45, 7) is 4.08. The Bertz CT molecular complexity index is 588. The molecule has 0 unspecified atom stereocenters. The number of nitrogens with one attached hydrogen (secondary N) is 1. The fourth-order valence-electron chi connectivity index (χ4n) is 1.86. The van der Waals surface area contributed by atoms with E-state index in [-0.39, 0.29) is 18.3 Å². The first-order valence-electron chi connectivity index (χ1n) is 6.59. The molecule has 2 rings (SSSR count). The standard InChI is InChI=1S/C16H16F3NO/c1-10(2)21-13-5-3-11(4-6-13)9-20-16-14(18)7-12(17)8-15(16)19/h3-8,10,20H,9H2,1-2H3. The lowest BCUT2D eigenvalue weighted by Crippen LogP contribution is -2.06. The maximum absolute atomic E-state index is 13.5. The van der Waals surface area contributed by atoms with Crippen LogP contribution < -0.4 is 10.1 Å². The molecule has 2 aromatic carbocycles. The third kappa shape index (κ3) is 4.15. The summed E-state index contributed by atoms with van der Waals surface area (Å²) in [7, 11) is 0. The van der Waals surface area contributed by atoms with Gasteiger partial charge in [0.1, 0.15) is 17.3 Å². The van der Waals surface area contributed by atoms with Gasteiger partial charge >= 0.3 is 0 Å². The Hall–Kier alpha value is -2.17. The summed E-state index contributed by atoms with van der Waals surface area (Å²) >= 11 is 0. The summed E-state index contributed by atoms with van der Waals surface area (Å²) in [5, 5.41) is 2.63. The molecule has 0 aliphatic heterocycles. The van der Waals surface area contributed by atoms with E-state index in [9.17, 15) is 13.2 Å². The first kappa shape index (κ1) is 15.2. The van der Waals surface area contributed by atoms with Crippen LogP contribution in [0.25, 0.3) is 0 Å². The van der Waals surface area contributed by atoms with Crippen LogP contribution in [0.1, 0.15) is 19.4 Å². The molecule has 21 heavy (non-hydrogen) atoms. The Morgan fingerprint density at radius 2 is 1.57 bits per heavy atom. The highest BCUT2D eigenvalue weighted by molar-refractivity contribution is 5.47. The number of hydrogen-bond acceptors (Lipinski definition) is 2. The van der Waals surface area contributed by atoms with Gasteiger partial charge in [-0.1, -0.05) is 12.1 Å². The third-order valence-corrected chi connectivity index (χ3v) is 2.77. The molecule has 5 heteroatoms. The van der Waals surface area contributed by atoms with Gasteiger partial charge in [-0.3, -0.25) is 0 Å². The molecule has 0 fully saturated rings. The van der Waals surface area contributed by atoms with Crippen molar-refractivity contribution in [1.82, 2.24) is 0 Å². The molecule has 112 valence electrons. The van der Waals surface area contributed by atoms with Crippen LogP contribution in [0.15, 0.2) is 36.4 Å². The van der Waals surface area contributed by atoms with Gasteiger partial charge in [-0.05, 0) is 31.5 Å². The zero-order valence-corrected chi connectivity index (χ0v) is 11.8. The molecule has 1 N–H and O–H groups in total. The minimum Gasteiger partial charge on any atom is -0.491 e. The van der Waals surface area contributed by atoms with Gasteiger partial charge in [0.05, 0.1) is 6.10 Å². The van der Waals surface area contributed by atoms with Crippen LogP contribution >= 0.6 is 0 Å². The highest BCUT2D eigenvalue weighted by atomic mass is 19.1. The molecule has 0 spiro atoms. The van der Waals surface area contributed by atoms with Gasteiger partial charge in [-0.2, -0.15) is 0 Å². The Morgan fingerprint density at radius 1 is 1.00 bits per heavy atom. The average molecular weight is 295 g/mol. The van der Waals surface area contributed by atoms with Crippen molar-refractivity contribution in [1.29, 1.82) is 0 Å². The molecule has 0 saturated heterocycles. The topological polar surface area (TPSA) is 21.3 Å². The van der Waals surface area contributed by atoms with Crippen LogP contribution in [-0.2, 0) is 6.54 Å². The number of benzene rings is 2. The Balaban J connectivity index is 2.03. The van der Waals surface area contributed by atoms with E-state index >= 15 is 0 Å². The Morgan fingerprint density at radius 3 is 2.10 bits per heavy atom. The summed E-state index contributed by atoms with van der Waals surface area (Å²) in [4.78, 5) is 0. The van der Waals surface area contributed by atoms with Crippen LogP contribution in [0.5, 0.6) is 5.75 Å². The fourth-order valence-corrected chi connectivity index (χ4v) is 1.86. The van der Waals surface area contributed by atoms with E-state index in [2.05, 4.69) is 5.32 Å². The first-order valence-corrected chi connectivity index (χ1v) is 6.59. The molecule has 0 atom stereocenters. The van der Waals surface area contributed by atoms with Crippen LogP contribution in [0.3, 0.4) is 0 Å². The van der Waals surface area contributed by atoms with Crippen LogP contribution in [-0.4, -0.2) is 6.10 Å². The van der Waals surface area contributed by atoms with E-state index < -0.39 is 17.5 Å². The van der Waals surface area contributed by atoms with E-state index in [0.717, 1.165) is 11.3 Å². The summed E-state index contributed by atoms with van der Waals surface area (Å²) < 4.78 is 45.2. The van der Waals surface area contributed by atoms with Crippen molar-refractivity contribution in [3.63, 3.8) is 0 Å². The molecule has 2 aromatic rings. The molecule has 0 amide bonds. The predicted octanol–water partition coefficient (Wildman–Crippen LogP) is 4.50. The molecular weight excluding hydrogens is 279 g/mol. The Labute approximate surface area is 121 Å². The summed E-state index contributed by atoms with van der Waals surface area (Å²) in [6, 6.07) is 8.45. The van der Waals surface area contributed by atoms with E-state index in [1.807, 2.05) is 13.8 Å². The monoisotopic (exact) mass is 295 g/mol. The van der Waals surface area contributed by atoms with Gasteiger partial charge in [0.15, 0.2) is 11.6 Å². The van der Waals surface area contributed by atoms with Crippen molar-refractivity contribution in [3.05, 3.63) is 59.4 Å². The van der Waals surface area contributed by atoms with Crippen molar-refractivity contribution < 1.29 is 17.9 Å². The van der Waals surface area contributed by atoms with Gasteiger partial charge in [0, 0.05) is 18.7 Å². The maximum Gasteiger partial charge on any atom is 0.152 e. The Kier molecular flexibility index (Phi) is 4.73. The van der Waals surface area contributed by atoms with Crippen molar-refractivity contribution in [2.24, 2.45) is 0 Å². The molecule has 2 nitrogen and oxygen atoms in total. The second kappa shape index (κ2) is 6.52. The van der Waals surface area contributed by atoms with Crippen molar-refractivity contribution in [2.45, 2.75) is 26.5 Å². The minimum absolute atomic E-state index is 0.0800. The third-order valence-electron chi connectivity index (χ3n) is 2.77. The lowest BCUT2D eigenvalue weighted by molar-refractivity contribution is 0.242. The van der Waals surface area contributed by atoms with Gasteiger partial charge < -0.3 is 10.1 Å². The number of ether oxygens (including phenoxy) is 1. The lowest BCUT2D eigenvalue weighted by atomic mass is 10.2. The quantitative estimate of drug-likeness (QED) is 0.876. The maximum atomic E-state index is 13.5. The molecule has 0 radical (unpaired) electrons. The molecule has 0 aliphatic carbocycles. The molecule has 0 aromatic heterocycles. The fraction of sp³-hybridized carbons (Fsp3) is 0.250. The number of hydrogen-bond donors (Lipinski definition) is 1. The zero-order chi connectivity index (χ0) is 15.4. The SMILES string of the molecule is CC(C)Oc1ccc(CNc2c(F)cc(F)cc2F)cc1. The second-order valence-corrected chi connectivity index (χ2v) is 4.91. The molecular formula is C16H16F3NO. The molecule has 0 heterocycles. The highest BCUT2D eigenvalue weighted by Crippen LogP contribution is 2.21. The van der Waals surface area contributed by atoms with Crippen LogP contribution in [0, 0.1) is 17.5 Å². The van der Waals surface area contributed by atoms with Gasteiger partial charge in [0.2, 0.25) is 0 Å². The normalized spacial score (nSPS) is 10.8. The first-order chi connectivity index (χ1) is 9.95. The molecule has 0 aliphatic rings. The number of anilines is 1. The molecule has 0 saturated carbocycles. The van der Waals surface area contributed by atoms with E-state index in [0.29, 0.717) is 12.1 Å².